The van der Waals surface area contributed by atoms with Gasteiger partial charge in [-0.2, -0.15) is 5.26 Å². The summed E-state index contributed by atoms with van der Waals surface area (Å²) < 4.78 is 0. The molecule has 0 aliphatic rings. The van der Waals surface area contributed by atoms with E-state index in [0.29, 0.717) is 16.3 Å². The van der Waals surface area contributed by atoms with Gasteiger partial charge in [0.15, 0.2) is 0 Å². The zero-order chi connectivity index (χ0) is 18.5. The normalized spacial score (nSPS) is 11.0. The van der Waals surface area contributed by atoms with Crippen molar-refractivity contribution in [3.8, 4) is 17.3 Å². The monoisotopic (exact) mass is 362 g/mol. The third-order valence-corrected chi connectivity index (χ3v) is 4.54. The lowest BCUT2D eigenvalue weighted by molar-refractivity contribution is -0.384. The Morgan fingerprint density at radius 1 is 1.23 bits per heavy atom. The number of aromatic nitrogens is 1. The highest BCUT2D eigenvalue weighted by atomic mass is 32.1. The lowest BCUT2D eigenvalue weighted by Gasteiger charge is -2.01. The highest BCUT2D eigenvalue weighted by molar-refractivity contribution is 7.11. The molecule has 0 spiro atoms. The van der Waals surface area contributed by atoms with Crippen LogP contribution in [0.5, 0.6) is 0 Å². The number of nitriles is 1. The molecule has 0 atom stereocenters. The van der Waals surface area contributed by atoms with E-state index in [1.807, 2.05) is 36.6 Å². The van der Waals surface area contributed by atoms with Crippen LogP contribution in [0.4, 0.5) is 11.4 Å². The summed E-state index contributed by atoms with van der Waals surface area (Å²) in [5.74, 6) is 0. The first-order valence-electron chi connectivity index (χ1n) is 7.71. The van der Waals surface area contributed by atoms with Gasteiger partial charge >= 0.3 is 0 Å². The number of allylic oxidation sites excluding steroid dienone is 1. The van der Waals surface area contributed by atoms with Gasteiger partial charge in [0.05, 0.1) is 10.6 Å². The van der Waals surface area contributed by atoms with E-state index < -0.39 is 4.92 Å². The molecule has 0 bridgehead atoms. The molecular formula is C19H14N4O2S. The molecule has 0 aliphatic carbocycles. The molecule has 0 unspecified atom stereocenters. The maximum absolute atomic E-state index is 10.7. The summed E-state index contributed by atoms with van der Waals surface area (Å²) in [4.78, 5) is 14.7. The molecule has 2 aromatic carbocycles. The van der Waals surface area contributed by atoms with Gasteiger partial charge < -0.3 is 5.32 Å². The molecule has 7 heteroatoms. The van der Waals surface area contributed by atoms with Crippen molar-refractivity contribution in [2.75, 3.05) is 5.32 Å². The summed E-state index contributed by atoms with van der Waals surface area (Å²) in [6, 6.07) is 16.1. The van der Waals surface area contributed by atoms with Gasteiger partial charge in [-0.1, -0.05) is 29.8 Å². The van der Waals surface area contributed by atoms with Gasteiger partial charge in [-0.05, 0) is 19.1 Å². The maximum Gasteiger partial charge on any atom is 0.269 e. The van der Waals surface area contributed by atoms with E-state index in [0.717, 1.165) is 11.3 Å². The summed E-state index contributed by atoms with van der Waals surface area (Å²) in [7, 11) is 0. The van der Waals surface area contributed by atoms with E-state index in [4.69, 9.17) is 0 Å². The van der Waals surface area contributed by atoms with Crippen LogP contribution in [0.2, 0.25) is 0 Å². The lowest BCUT2D eigenvalue weighted by Crippen LogP contribution is -1.92. The predicted octanol–water partition coefficient (Wildman–Crippen LogP) is 5.00. The second kappa shape index (κ2) is 7.59. The molecule has 128 valence electrons. The van der Waals surface area contributed by atoms with Crippen molar-refractivity contribution in [2.24, 2.45) is 0 Å². The Hall–Kier alpha value is -3.50. The Balaban J connectivity index is 1.78. The zero-order valence-corrected chi connectivity index (χ0v) is 14.7. The first kappa shape index (κ1) is 17.3. The van der Waals surface area contributed by atoms with Gasteiger partial charge in [0.2, 0.25) is 0 Å². The molecule has 0 radical (unpaired) electrons. The quantitative estimate of drug-likeness (QED) is 0.391. The largest absolute Gasteiger partial charge is 0.360 e. The van der Waals surface area contributed by atoms with Crippen LogP contribution in [-0.4, -0.2) is 9.91 Å². The van der Waals surface area contributed by atoms with Crippen molar-refractivity contribution in [1.82, 2.24) is 4.98 Å². The minimum atomic E-state index is -0.456. The standard InChI is InChI=1S/C19H14N4O2S/c1-13-2-4-14(5-3-13)18-12-26-19(22-18)15(10-20)11-21-16-6-8-17(9-7-16)23(24)25/h2-9,11-12,21H,1H3. The first-order valence-corrected chi connectivity index (χ1v) is 8.59. The van der Waals surface area contributed by atoms with Gasteiger partial charge in [0, 0.05) is 35.0 Å². The molecule has 1 aromatic heterocycles. The summed E-state index contributed by atoms with van der Waals surface area (Å²) in [5.41, 5.74) is 4.06. The lowest BCUT2D eigenvalue weighted by atomic mass is 10.1. The number of nitrogens with zero attached hydrogens (tertiary/aromatic N) is 3. The van der Waals surface area contributed by atoms with Crippen molar-refractivity contribution in [2.45, 2.75) is 6.92 Å². The van der Waals surface area contributed by atoms with Crippen LogP contribution in [-0.2, 0) is 0 Å². The molecule has 0 aliphatic heterocycles. The Bertz CT molecular complexity index is 999. The number of aryl methyl sites for hydroxylation is 1. The smallest absolute Gasteiger partial charge is 0.269 e. The number of benzene rings is 2. The molecule has 3 aromatic rings. The Morgan fingerprint density at radius 2 is 1.92 bits per heavy atom. The molecule has 26 heavy (non-hydrogen) atoms. The van der Waals surface area contributed by atoms with Crippen molar-refractivity contribution in [1.29, 1.82) is 5.26 Å². The zero-order valence-electron chi connectivity index (χ0n) is 13.8. The number of hydrogen-bond acceptors (Lipinski definition) is 6. The fourth-order valence-electron chi connectivity index (χ4n) is 2.23. The van der Waals surface area contributed by atoms with Crippen molar-refractivity contribution in [3.63, 3.8) is 0 Å². The number of nitro benzene ring substituents is 1. The fraction of sp³-hybridized carbons (Fsp3) is 0.0526. The van der Waals surface area contributed by atoms with Crippen LogP contribution >= 0.6 is 11.3 Å². The molecule has 1 heterocycles. The second-order valence-corrected chi connectivity index (χ2v) is 6.38. The molecule has 3 rings (SSSR count). The number of nitrogens with one attached hydrogen (secondary N) is 1. The second-order valence-electron chi connectivity index (χ2n) is 5.52. The maximum atomic E-state index is 10.7. The third kappa shape index (κ3) is 3.94. The van der Waals surface area contributed by atoms with Crippen LogP contribution in [0.3, 0.4) is 0 Å². The van der Waals surface area contributed by atoms with Crippen LogP contribution in [0.25, 0.3) is 16.8 Å². The van der Waals surface area contributed by atoms with E-state index in [-0.39, 0.29) is 5.69 Å². The van der Waals surface area contributed by atoms with Crippen molar-refractivity contribution >= 4 is 28.3 Å². The summed E-state index contributed by atoms with van der Waals surface area (Å²) >= 11 is 1.39. The van der Waals surface area contributed by atoms with Crippen molar-refractivity contribution in [3.05, 3.63) is 80.8 Å². The number of nitro groups is 1. The van der Waals surface area contributed by atoms with Gasteiger partial charge in [0.1, 0.15) is 16.6 Å². The predicted molar refractivity (Wildman–Crippen MR) is 103 cm³/mol. The number of thiazole rings is 1. The van der Waals surface area contributed by atoms with E-state index in [1.54, 1.807) is 18.3 Å². The molecular weight excluding hydrogens is 348 g/mol. The summed E-state index contributed by atoms with van der Waals surface area (Å²) in [5, 5.41) is 25.6. The van der Waals surface area contributed by atoms with E-state index in [1.165, 1.54) is 29.0 Å². The number of rotatable bonds is 5. The van der Waals surface area contributed by atoms with E-state index >= 15 is 0 Å². The SMILES string of the molecule is Cc1ccc(-c2csc(C(C#N)=CNc3ccc([N+](=O)[O-])cc3)n2)cc1. The van der Waals surface area contributed by atoms with Gasteiger partial charge in [-0.3, -0.25) is 10.1 Å². The van der Waals surface area contributed by atoms with Crippen LogP contribution in [0.15, 0.2) is 60.1 Å². The molecule has 6 nitrogen and oxygen atoms in total. The highest BCUT2D eigenvalue weighted by Crippen LogP contribution is 2.26. The molecule has 0 saturated heterocycles. The minimum absolute atomic E-state index is 0.0164. The van der Waals surface area contributed by atoms with Gasteiger partial charge in [0.25, 0.3) is 5.69 Å². The average molecular weight is 362 g/mol. The molecule has 0 fully saturated rings. The van der Waals surface area contributed by atoms with E-state index in [2.05, 4.69) is 16.4 Å². The van der Waals surface area contributed by atoms with Crippen LogP contribution < -0.4 is 5.32 Å². The van der Waals surface area contributed by atoms with E-state index in [9.17, 15) is 15.4 Å². The molecule has 0 amide bonds. The van der Waals surface area contributed by atoms with Gasteiger partial charge in [-0.15, -0.1) is 11.3 Å². The summed E-state index contributed by atoms with van der Waals surface area (Å²) in [6.07, 6.45) is 1.55. The topological polar surface area (TPSA) is 91.8 Å². The van der Waals surface area contributed by atoms with Gasteiger partial charge in [-0.25, -0.2) is 4.98 Å². The number of anilines is 1. The third-order valence-electron chi connectivity index (χ3n) is 3.66. The average Bonchev–Trinajstić information content (AvgIpc) is 3.13. The minimum Gasteiger partial charge on any atom is -0.360 e. The molecule has 0 saturated carbocycles. The fourth-order valence-corrected chi connectivity index (χ4v) is 3.03. The summed E-state index contributed by atoms with van der Waals surface area (Å²) in [6.45, 7) is 2.02. The Kier molecular flexibility index (Phi) is 5.06. The highest BCUT2D eigenvalue weighted by Gasteiger charge is 2.09. The number of hydrogen-bond donors (Lipinski definition) is 1. The Labute approximate surface area is 154 Å². The number of non-ortho nitro benzene ring substituents is 1. The first-order chi connectivity index (χ1) is 12.6. The van der Waals surface area contributed by atoms with Crippen LogP contribution in [0.1, 0.15) is 10.6 Å². The van der Waals surface area contributed by atoms with Crippen molar-refractivity contribution < 1.29 is 4.92 Å². The van der Waals surface area contributed by atoms with Crippen LogP contribution in [0, 0.1) is 28.4 Å². The molecule has 1 N–H and O–H groups in total. The Morgan fingerprint density at radius 3 is 2.54 bits per heavy atom.